The molecule has 0 unspecified atom stereocenters. The van der Waals surface area contributed by atoms with Gasteiger partial charge in [-0.15, -0.1) is 0 Å². The highest BCUT2D eigenvalue weighted by molar-refractivity contribution is 6.15. The Labute approximate surface area is 235 Å². The fourth-order valence-corrected chi connectivity index (χ4v) is 4.18. The molecule has 5 rings (SSSR count). The number of H-pyrrole nitrogens is 1. The minimum absolute atomic E-state index is 0.0693. The van der Waals surface area contributed by atoms with E-state index in [0.717, 1.165) is 0 Å². The summed E-state index contributed by atoms with van der Waals surface area (Å²) in [6, 6.07) is 1.23. The van der Waals surface area contributed by atoms with Crippen molar-refractivity contribution in [2.24, 2.45) is 0 Å². The van der Waals surface area contributed by atoms with Crippen LogP contribution >= 0.6 is 0 Å². The van der Waals surface area contributed by atoms with Gasteiger partial charge < -0.3 is 19.2 Å². The number of carbonyl (C=O) groups is 1. The lowest BCUT2D eigenvalue weighted by Gasteiger charge is -2.25. The summed E-state index contributed by atoms with van der Waals surface area (Å²) in [4.78, 5) is 43.1. The summed E-state index contributed by atoms with van der Waals surface area (Å²) in [5.74, 6) is 1.31. The van der Waals surface area contributed by atoms with Crippen molar-refractivity contribution in [1.29, 1.82) is 0 Å². The van der Waals surface area contributed by atoms with E-state index >= 15 is 4.39 Å². The van der Waals surface area contributed by atoms with E-state index in [1.54, 1.807) is 34.6 Å². The van der Waals surface area contributed by atoms with Crippen molar-refractivity contribution in [2.75, 3.05) is 11.9 Å². The van der Waals surface area contributed by atoms with Gasteiger partial charge in [0, 0.05) is 18.5 Å². The number of nitrogens with zero attached hydrogens (tertiary/aromatic N) is 7. The highest BCUT2D eigenvalue weighted by Crippen LogP contribution is 2.41. The lowest BCUT2D eigenvalue weighted by Crippen LogP contribution is -2.34. The Morgan fingerprint density at radius 3 is 2.10 bits per heavy atom. The van der Waals surface area contributed by atoms with Crippen molar-refractivity contribution < 1.29 is 23.4 Å². The molecule has 13 heteroatoms. The number of rotatable bonds is 6. The number of hydrogen-bond acceptors (Lipinski definition) is 10. The maximum atomic E-state index is 15.6. The number of aromatic nitrogens is 7. The Kier molecular flexibility index (Phi) is 7.11. The van der Waals surface area contributed by atoms with Gasteiger partial charge in [0.2, 0.25) is 5.88 Å². The largest absolute Gasteiger partial charge is 0.443 e. The van der Waals surface area contributed by atoms with Gasteiger partial charge in [-0.25, -0.2) is 29.1 Å². The third kappa shape index (κ3) is 5.69. The van der Waals surface area contributed by atoms with E-state index in [-0.39, 0.29) is 17.6 Å². The molecule has 0 spiro atoms. The number of aryl methyl sites for hydroxylation is 3. The molecule has 12 nitrogen and oxygen atoms in total. The van der Waals surface area contributed by atoms with Crippen LogP contribution in [0.2, 0.25) is 0 Å². The number of fused-ring (bicyclic) bond motifs is 3. The minimum atomic E-state index is -0.749. The van der Waals surface area contributed by atoms with Crippen LogP contribution in [0.15, 0.2) is 30.9 Å². The van der Waals surface area contributed by atoms with Crippen LogP contribution in [0.5, 0.6) is 23.4 Å². The number of carbonyl (C=O) groups excluding carboxylic acids is 1. The summed E-state index contributed by atoms with van der Waals surface area (Å²) in [5, 5.41) is 0.851. The van der Waals surface area contributed by atoms with E-state index in [1.807, 2.05) is 6.92 Å². The standard InChI is InChI=1S/C28H29FN8O4/c1-8-18-19(29)9-20(37(7)27(38)41-28(4,5)6)23-21(18)22-24(34-23)35-26(40-17-12-32-15(3)33-13-17)36-25(22)39-16-10-30-14(2)31-11-16/h9-13H,8H2,1-7H3,(H,34,35,36). The van der Waals surface area contributed by atoms with Crippen molar-refractivity contribution in [3.8, 4) is 23.4 Å². The molecule has 0 saturated carbocycles. The first-order valence-corrected chi connectivity index (χ1v) is 12.9. The summed E-state index contributed by atoms with van der Waals surface area (Å²) in [6.45, 7) is 10.6. The van der Waals surface area contributed by atoms with Crippen LogP contribution in [0.3, 0.4) is 0 Å². The van der Waals surface area contributed by atoms with E-state index in [4.69, 9.17) is 14.2 Å². The van der Waals surface area contributed by atoms with Crippen molar-refractivity contribution in [3.05, 3.63) is 53.9 Å². The zero-order chi connectivity index (χ0) is 29.5. The lowest BCUT2D eigenvalue weighted by molar-refractivity contribution is 0.0589. The summed E-state index contributed by atoms with van der Waals surface area (Å²) in [7, 11) is 1.51. The van der Waals surface area contributed by atoms with Gasteiger partial charge in [-0.1, -0.05) is 6.92 Å². The molecule has 212 valence electrons. The van der Waals surface area contributed by atoms with E-state index < -0.39 is 17.5 Å². The first-order valence-electron chi connectivity index (χ1n) is 12.9. The summed E-state index contributed by atoms with van der Waals surface area (Å²) < 4.78 is 33.1. The first-order chi connectivity index (χ1) is 19.4. The molecule has 0 aliphatic carbocycles. The molecule has 0 fully saturated rings. The maximum Gasteiger partial charge on any atom is 0.414 e. The highest BCUT2D eigenvalue weighted by atomic mass is 19.1. The van der Waals surface area contributed by atoms with Gasteiger partial charge in [0.15, 0.2) is 11.5 Å². The van der Waals surface area contributed by atoms with Crippen LogP contribution in [0.1, 0.15) is 44.9 Å². The number of ether oxygens (including phenoxy) is 3. The lowest BCUT2D eigenvalue weighted by atomic mass is 10.0. The highest BCUT2D eigenvalue weighted by Gasteiger charge is 2.27. The molecule has 0 aliphatic heterocycles. The normalized spacial score (nSPS) is 11.6. The second-order valence-corrected chi connectivity index (χ2v) is 10.3. The fraction of sp³-hybridized carbons (Fsp3) is 0.321. The fourth-order valence-electron chi connectivity index (χ4n) is 4.18. The number of aromatic amines is 1. The van der Waals surface area contributed by atoms with Crippen LogP contribution in [0.25, 0.3) is 21.9 Å². The van der Waals surface area contributed by atoms with Gasteiger partial charge in [-0.3, -0.25) is 4.90 Å². The zero-order valence-electron chi connectivity index (χ0n) is 23.7. The number of nitrogens with one attached hydrogen (secondary N) is 1. The van der Waals surface area contributed by atoms with Crippen molar-refractivity contribution in [1.82, 2.24) is 34.9 Å². The monoisotopic (exact) mass is 560 g/mol. The molecule has 0 bridgehead atoms. The van der Waals surface area contributed by atoms with Gasteiger partial charge in [0.25, 0.3) is 0 Å². The molecule has 1 aromatic carbocycles. The van der Waals surface area contributed by atoms with E-state index in [0.29, 0.717) is 57.1 Å². The third-order valence-corrected chi connectivity index (χ3v) is 6.03. The number of amides is 1. The van der Waals surface area contributed by atoms with Crippen molar-refractivity contribution >= 4 is 33.7 Å². The average molecular weight is 561 g/mol. The Balaban J connectivity index is 1.74. The van der Waals surface area contributed by atoms with Crippen LogP contribution in [0, 0.1) is 19.7 Å². The Morgan fingerprint density at radius 2 is 1.54 bits per heavy atom. The predicted molar refractivity (Wildman–Crippen MR) is 149 cm³/mol. The Morgan fingerprint density at radius 1 is 0.951 bits per heavy atom. The predicted octanol–water partition coefficient (Wildman–Crippen LogP) is 5.97. The average Bonchev–Trinajstić information content (AvgIpc) is 3.29. The van der Waals surface area contributed by atoms with Crippen LogP contribution in [-0.4, -0.2) is 53.6 Å². The third-order valence-electron chi connectivity index (χ3n) is 6.03. The van der Waals surface area contributed by atoms with Gasteiger partial charge >= 0.3 is 12.1 Å². The number of benzene rings is 1. The molecule has 0 atom stereocenters. The molecule has 5 aromatic rings. The topological polar surface area (TPSA) is 141 Å². The van der Waals surface area contributed by atoms with Crippen LogP contribution in [-0.2, 0) is 11.2 Å². The molecule has 0 radical (unpaired) electrons. The quantitative estimate of drug-likeness (QED) is 0.264. The molecule has 1 N–H and O–H groups in total. The molecule has 4 heterocycles. The van der Waals surface area contributed by atoms with Gasteiger partial charge in [-0.2, -0.15) is 9.97 Å². The number of anilines is 1. The summed E-state index contributed by atoms with van der Waals surface area (Å²) in [6.07, 6.45) is 5.69. The second-order valence-electron chi connectivity index (χ2n) is 10.3. The SMILES string of the molecule is CCc1c(F)cc(N(C)C(=O)OC(C)(C)C)c2[nH]c3nc(Oc4cnc(C)nc4)nc(Oc4cnc(C)nc4)c3c12. The van der Waals surface area contributed by atoms with Gasteiger partial charge in [0.05, 0.1) is 41.4 Å². The van der Waals surface area contributed by atoms with Crippen molar-refractivity contribution in [2.45, 2.75) is 53.6 Å². The number of halogens is 1. The zero-order valence-corrected chi connectivity index (χ0v) is 23.7. The van der Waals surface area contributed by atoms with E-state index in [1.165, 1.54) is 42.8 Å². The molecular weight excluding hydrogens is 531 g/mol. The second kappa shape index (κ2) is 10.6. The maximum absolute atomic E-state index is 15.6. The molecule has 4 aromatic heterocycles. The summed E-state index contributed by atoms with van der Waals surface area (Å²) in [5.41, 5.74) is 0.631. The van der Waals surface area contributed by atoms with Crippen molar-refractivity contribution in [3.63, 3.8) is 0 Å². The molecule has 1 amide bonds. The Hall–Kier alpha value is -4.94. The molecule has 0 aliphatic rings. The van der Waals surface area contributed by atoms with Crippen LogP contribution in [0.4, 0.5) is 14.9 Å². The minimum Gasteiger partial charge on any atom is -0.443 e. The van der Waals surface area contributed by atoms with Crippen LogP contribution < -0.4 is 14.4 Å². The number of hydrogen-bond donors (Lipinski definition) is 1. The van der Waals surface area contributed by atoms with E-state index in [2.05, 4.69) is 34.9 Å². The molecular formula is C28H29FN8O4. The Bertz CT molecular complexity index is 1750. The summed E-state index contributed by atoms with van der Waals surface area (Å²) >= 11 is 0. The van der Waals surface area contributed by atoms with Gasteiger partial charge in [-0.05, 0) is 46.6 Å². The van der Waals surface area contributed by atoms with Gasteiger partial charge in [0.1, 0.15) is 28.7 Å². The first kappa shape index (κ1) is 27.6. The smallest absolute Gasteiger partial charge is 0.414 e. The molecule has 0 saturated heterocycles. The molecule has 41 heavy (non-hydrogen) atoms. The van der Waals surface area contributed by atoms with E-state index in [9.17, 15) is 4.79 Å².